The molecule has 0 amide bonds. The van der Waals surface area contributed by atoms with E-state index in [4.69, 9.17) is 0 Å². The van der Waals surface area contributed by atoms with Crippen molar-refractivity contribution in [2.24, 2.45) is 0 Å². The van der Waals surface area contributed by atoms with Crippen LogP contribution in [0.4, 0.5) is 52.7 Å². The third kappa shape index (κ3) is 5.00. The Bertz CT molecular complexity index is 1200. The van der Waals surface area contributed by atoms with E-state index in [0.29, 0.717) is 0 Å². The minimum atomic E-state index is -3.42. The third-order valence-electron chi connectivity index (χ3n) is 3.66. The second-order valence-corrected chi connectivity index (χ2v) is 8.69. The Kier molecular flexibility index (Phi) is 8.16. The molecule has 0 N–H and O–H groups in total. The summed E-state index contributed by atoms with van der Waals surface area (Å²) in [5.41, 5.74) is -3.99. The zero-order valence-electron chi connectivity index (χ0n) is 15.0. The van der Waals surface area contributed by atoms with Crippen molar-refractivity contribution in [1.29, 1.82) is 0 Å². The van der Waals surface area contributed by atoms with Gasteiger partial charge in [-0.15, -0.1) is 0 Å². The van der Waals surface area contributed by atoms with Gasteiger partial charge in [0, 0.05) is 5.41 Å². The second kappa shape index (κ2) is 10.1. The molecule has 0 bridgehead atoms. The molecule has 2 nitrogen and oxygen atoms in total. The highest BCUT2D eigenvalue weighted by Gasteiger charge is 2.31. The van der Waals surface area contributed by atoms with E-state index in [1.54, 1.807) is 0 Å². The van der Waals surface area contributed by atoms with Gasteiger partial charge in [0.05, 0.1) is 32.7 Å². The van der Waals surface area contributed by atoms with Crippen LogP contribution >= 0.6 is 0 Å². The van der Waals surface area contributed by atoms with Crippen molar-refractivity contribution in [3.8, 4) is 0 Å². The summed E-state index contributed by atoms with van der Waals surface area (Å²) in [6.45, 7) is 0. The summed E-state index contributed by atoms with van der Waals surface area (Å²) < 4.78 is 184. The maximum absolute atomic E-state index is 14.0. The molecular formula is C17H4F12O2S2. The van der Waals surface area contributed by atoms with E-state index in [-0.39, 0.29) is 11.5 Å². The Balaban J connectivity index is 2.35. The van der Waals surface area contributed by atoms with Gasteiger partial charge in [0.1, 0.15) is 5.08 Å². The highest BCUT2D eigenvalue weighted by Crippen LogP contribution is 2.32. The number of hydrogen-bond acceptors (Lipinski definition) is 2. The second-order valence-electron chi connectivity index (χ2n) is 5.66. The molecule has 0 aliphatic heterocycles. The van der Waals surface area contributed by atoms with Gasteiger partial charge < -0.3 is 0 Å². The fraction of sp³-hybridized carbons (Fsp3) is 0.0588. The third-order valence-corrected chi connectivity index (χ3v) is 6.46. The Morgan fingerprint density at radius 1 is 0.606 bits per heavy atom. The van der Waals surface area contributed by atoms with Crippen LogP contribution in [0.15, 0.2) is 10.6 Å². The number of benzene rings is 2. The van der Waals surface area contributed by atoms with Crippen LogP contribution in [0.25, 0.3) is 11.9 Å². The summed E-state index contributed by atoms with van der Waals surface area (Å²) in [6.07, 6.45) is 0.0750. The Morgan fingerprint density at radius 2 is 0.970 bits per heavy atom. The molecule has 2 aromatic carbocycles. The minimum Gasteiger partial charge on any atom is -0.254 e. The molecule has 0 radical (unpaired) electrons. The lowest BCUT2D eigenvalue weighted by molar-refractivity contribution is 0.374. The first-order valence-electron chi connectivity index (χ1n) is 7.74. The van der Waals surface area contributed by atoms with Crippen molar-refractivity contribution in [3.05, 3.63) is 79.9 Å². The smallest absolute Gasteiger partial charge is 0.224 e. The first-order valence-corrected chi connectivity index (χ1v) is 10.4. The topological polar surface area (TPSA) is 34.1 Å². The van der Waals surface area contributed by atoms with Crippen LogP contribution in [0.5, 0.6) is 0 Å². The standard InChI is InChI=1S/C17H4F12O2S2/c18-6-4(7(19)12(24)15(27)11(6)23)1-2-32(30)3-33(31)17(29)10(22)5-8(20)13(25)16(28)14(26)9(5)21/h1-2H,3H2/b2-1-,17-10?. The average molecular weight is 532 g/mol. The maximum atomic E-state index is 14.0. The van der Waals surface area contributed by atoms with Crippen molar-refractivity contribution in [2.45, 2.75) is 0 Å². The van der Waals surface area contributed by atoms with Crippen molar-refractivity contribution < 1.29 is 61.1 Å². The normalized spacial score (nSPS) is 14.5. The molecule has 2 rings (SSSR count). The molecule has 0 heterocycles. The molecule has 16 heteroatoms. The van der Waals surface area contributed by atoms with Crippen LogP contribution < -0.4 is 0 Å². The highest BCUT2D eigenvalue weighted by molar-refractivity contribution is 8.05. The predicted octanol–water partition coefficient (Wildman–Crippen LogP) is 5.77. The SMILES string of the molecule is O=S(/C=C\c1c(F)c(F)c(F)c(F)c1F)CS(=O)C(F)=C(F)c1c(F)c(F)c(F)c(F)c1F. The quantitative estimate of drug-likeness (QED) is 0.269. The monoisotopic (exact) mass is 532 g/mol. The average Bonchev–Trinajstić information content (AvgIpc) is 2.78. The Morgan fingerprint density at radius 3 is 1.39 bits per heavy atom. The van der Waals surface area contributed by atoms with E-state index in [0.717, 1.165) is 0 Å². The molecule has 0 aromatic heterocycles. The largest absolute Gasteiger partial charge is 0.254 e. The first kappa shape index (κ1) is 26.6. The summed E-state index contributed by atoms with van der Waals surface area (Å²) in [5, 5.41) is -3.96. The molecule has 2 atom stereocenters. The predicted molar refractivity (Wildman–Crippen MR) is 91.8 cm³/mol. The van der Waals surface area contributed by atoms with Crippen molar-refractivity contribution in [2.75, 3.05) is 5.08 Å². The van der Waals surface area contributed by atoms with Crippen LogP contribution in [-0.4, -0.2) is 13.5 Å². The summed E-state index contributed by atoms with van der Waals surface area (Å²) in [5.74, 6) is -28.3. The molecule has 33 heavy (non-hydrogen) atoms. The molecule has 0 saturated carbocycles. The highest BCUT2D eigenvalue weighted by atomic mass is 32.2. The van der Waals surface area contributed by atoms with Crippen LogP contribution in [0, 0.1) is 58.2 Å². The maximum Gasteiger partial charge on any atom is 0.224 e. The van der Waals surface area contributed by atoms with Gasteiger partial charge >= 0.3 is 0 Å². The fourth-order valence-electron chi connectivity index (χ4n) is 2.10. The van der Waals surface area contributed by atoms with E-state index in [1.807, 2.05) is 0 Å². The van der Waals surface area contributed by atoms with Gasteiger partial charge in [0.15, 0.2) is 52.4 Å². The van der Waals surface area contributed by atoms with Crippen LogP contribution in [0.1, 0.15) is 11.1 Å². The van der Waals surface area contributed by atoms with E-state index in [9.17, 15) is 61.1 Å². The molecule has 180 valence electrons. The van der Waals surface area contributed by atoms with E-state index >= 15 is 0 Å². The molecule has 2 aromatic rings. The number of halogens is 12. The molecule has 2 unspecified atom stereocenters. The first-order chi connectivity index (χ1) is 15.2. The molecule has 0 spiro atoms. The van der Waals surface area contributed by atoms with Crippen LogP contribution in [0.2, 0.25) is 0 Å². The zero-order valence-corrected chi connectivity index (χ0v) is 16.7. The van der Waals surface area contributed by atoms with Crippen molar-refractivity contribution >= 4 is 33.5 Å². The zero-order chi connectivity index (χ0) is 25.4. The summed E-state index contributed by atoms with van der Waals surface area (Å²) >= 11 is 0. The Hall–Kier alpha value is -2.62. The molecular weight excluding hydrogens is 528 g/mol. The number of rotatable bonds is 6. The van der Waals surface area contributed by atoms with Crippen LogP contribution in [0.3, 0.4) is 0 Å². The lowest BCUT2D eigenvalue weighted by atomic mass is 10.1. The van der Waals surface area contributed by atoms with E-state index in [2.05, 4.69) is 0 Å². The summed E-state index contributed by atoms with van der Waals surface area (Å²) in [4.78, 5) is 0. The minimum absolute atomic E-state index is 0.0750. The van der Waals surface area contributed by atoms with Gasteiger partial charge in [0.2, 0.25) is 16.8 Å². The fourth-order valence-corrected chi connectivity index (χ4v) is 4.27. The van der Waals surface area contributed by atoms with Gasteiger partial charge in [-0.3, -0.25) is 8.42 Å². The molecule has 0 fully saturated rings. The summed E-state index contributed by atoms with van der Waals surface area (Å²) in [6, 6.07) is 0. The van der Waals surface area contributed by atoms with Gasteiger partial charge in [0.25, 0.3) is 0 Å². The molecule has 0 aliphatic carbocycles. The number of hydrogen-bond donors (Lipinski definition) is 0. The van der Waals surface area contributed by atoms with Crippen molar-refractivity contribution in [3.63, 3.8) is 0 Å². The van der Waals surface area contributed by atoms with E-state index < -0.39 is 107 Å². The van der Waals surface area contributed by atoms with E-state index in [1.165, 1.54) is 0 Å². The van der Waals surface area contributed by atoms with Gasteiger partial charge in [-0.25, -0.2) is 48.3 Å². The lowest BCUT2D eigenvalue weighted by Gasteiger charge is -2.07. The van der Waals surface area contributed by atoms with Gasteiger partial charge in [-0.2, -0.15) is 4.39 Å². The molecule has 0 aliphatic rings. The van der Waals surface area contributed by atoms with Gasteiger partial charge in [-0.1, -0.05) is 0 Å². The Labute approximate surface area is 180 Å². The van der Waals surface area contributed by atoms with Gasteiger partial charge in [-0.05, 0) is 6.08 Å². The lowest BCUT2D eigenvalue weighted by Crippen LogP contribution is -2.09. The van der Waals surface area contributed by atoms with Crippen LogP contribution in [-0.2, 0) is 21.6 Å². The van der Waals surface area contributed by atoms with Crippen molar-refractivity contribution in [1.82, 2.24) is 0 Å². The summed E-state index contributed by atoms with van der Waals surface area (Å²) in [7, 11) is -6.21. The molecule has 0 saturated heterocycles.